The number of hydrogen-bond acceptors (Lipinski definition) is 4. The molecule has 0 amide bonds. The molecule has 0 aliphatic rings. The number of aryl methyl sites for hydroxylation is 2. The SMILES string of the molecule is COC(=O)C(C)(N)COc1cc(C)cc(C)c1. The molecule has 1 aromatic rings. The van der Waals surface area contributed by atoms with Crippen LogP contribution in [0, 0.1) is 13.8 Å². The number of methoxy groups -OCH3 is 1. The Bertz CT molecular complexity index is 393. The number of hydrogen-bond donors (Lipinski definition) is 1. The summed E-state index contributed by atoms with van der Waals surface area (Å²) >= 11 is 0. The first-order valence-electron chi connectivity index (χ1n) is 5.43. The lowest BCUT2D eigenvalue weighted by molar-refractivity contribution is -0.147. The highest BCUT2D eigenvalue weighted by atomic mass is 16.5. The first-order valence-corrected chi connectivity index (χ1v) is 5.43. The van der Waals surface area contributed by atoms with Gasteiger partial charge in [0, 0.05) is 0 Å². The van der Waals surface area contributed by atoms with Crippen molar-refractivity contribution >= 4 is 5.97 Å². The van der Waals surface area contributed by atoms with E-state index in [0.29, 0.717) is 5.75 Å². The molecule has 0 radical (unpaired) electrons. The Hall–Kier alpha value is -1.55. The molecule has 0 saturated carbocycles. The van der Waals surface area contributed by atoms with Gasteiger partial charge in [-0.15, -0.1) is 0 Å². The molecule has 0 aliphatic carbocycles. The van der Waals surface area contributed by atoms with Gasteiger partial charge in [0.05, 0.1) is 7.11 Å². The van der Waals surface area contributed by atoms with Crippen molar-refractivity contribution in [3.05, 3.63) is 29.3 Å². The molecular formula is C13H19NO3. The summed E-state index contributed by atoms with van der Waals surface area (Å²) < 4.78 is 10.1. The Morgan fingerprint density at radius 1 is 1.29 bits per heavy atom. The molecule has 0 aromatic heterocycles. The Balaban J connectivity index is 2.70. The fraction of sp³-hybridized carbons (Fsp3) is 0.462. The van der Waals surface area contributed by atoms with Gasteiger partial charge in [-0.25, -0.2) is 4.79 Å². The molecule has 0 fully saturated rings. The van der Waals surface area contributed by atoms with E-state index < -0.39 is 11.5 Å². The normalized spacial score (nSPS) is 13.9. The first-order chi connectivity index (χ1) is 7.85. The van der Waals surface area contributed by atoms with E-state index in [9.17, 15) is 4.79 Å². The van der Waals surface area contributed by atoms with E-state index in [-0.39, 0.29) is 6.61 Å². The van der Waals surface area contributed by atoms with E-state index >= 15 is 0 Å². The minimum absolute atomic E-state index is 0.0859. The molecule has 4 heteroatoms. The Morgan fingerprint density at radius 2 is 1.82 bits per heavy atom. The van der Waals surface area contributed by atoms with Crippen LogP contribution < -0.4 is 10.5 Å². The first kappa shape index (κ1) is 13.5. The van der Waals surface area contributed by atoms with Gasteiger partial charge in [0.25, 0.3) is 0 Å². The highest BCUT2D eigenvalue weighted by Gasteiger charge is 2.30. The molecule has 0 saturated heterocycles. The molecule has 1 atom stereocenters. The van der Waals surface area contributed by atoms with Crippen molar-refractivity contribution in [1.29, 1.82) is 0 Å². The summed E-state index contributed by atoms with van der Waals surface area (Å²) in [4.78, 5) is 11.4. The van der Waals surface area contributed by atoms with Gasteiger partial charge in [0.1, 0.15) is 17.9 Å². The van der Waals surface area contributed by atoms with Crippen LogP contribution in [0.15, 0.2) is 18.2 Å². The second-order valence-electron chi connectivity index (χ2n) is 4.52. The zero-order chi connectivity index (χ0) is 13.1. The van der Waals surface area contributed by atoms with E-state index in [4.69, 9.17) is 10.5 Å². The molecule has 17 heavy (non-hydrogen) atoms. The van der Waals surface area contributed by atoms with Crippen molar-refractivity contribution in [2.24, 2.45) is 5.73 Å². The summed E-state index contributed by atoms with van der Waals surface area (Å²) in [6.45, 7) is 5.65. The zero-order valence-electron chi connectivity index (χ0n) is 10.7. The van der Waals surface area contributed by atoms with Crippen LogP contribution in [0.2, 0.25) is 0 Å². The van der Waals surface area contributed by atoms with Gasteiger partial charge in [-0.1, -0.05) is 6.07 Å². The average Bonchev–Trinajstić information content (AvgIpc) is 2.24. The summed E-state index contributed by atoms with van der Waals surface area (Å²) in [5.41, 5.74) is 6.88. The van der Waals surface area contributed by atoms with Gasteiger partial charge < -0.3 is 15.2 Å². The molecule has 1 aromatic carbocycles. The molecular weight excluding hydrogens is 218 g/mol. The lowest BCUT2D eigenvalue weighted by Gasteiger charge is -2.21. The summed E-state index contributed by atoms with van der Waals surface area (Å²) in [7, 11) is 1.31. The maximum absolute atomic E-state index is 11.4. The van der Waals surface area contributed by atoms with Crippen LogP contribution in [-0.4, -0.2) is 25.2 Å². The fourth-order valence-electron chi connectivity index (χ4n) is 1.54. The number of rotatable bonds is 4. The third-order valence-corrected chi connectivity index (χ3v) is 2.39. The molecule has 0 heterocycles. The van der Waals surface area contributed by atoms with Crippen LogP contribution in [0.1, 0.15) is 18.1 Å². The largest absolute Gasteiger partial charge is 0.491 e. The monoisotopic (exact) mass is 237 g/mol. The van der Waals surface area contributed by atoms with Gasteiger partial charge in [0.2, 0.25) is 0 Å². The van der Waals surface area contributed by atoms with Crippen LogP contribution >= 0.6 is 0 Å². The molecule has 0 spiro atoms. The molecule has 94 valence electrons. The molecule has 1 rings (SSSR count). The minimum Gasteiger partial charge on any atom is -0.491 e. The van der Waals surface area contributed by atoms with Crippen LogP contribution in [0.3, 0.4) is 0 Å². The third kappa shape index (κ3) is 3.75. The van der Waals surface area contributed by atoms with Gasteiger partial charge >= 0.3 is 5.97 Å². The Morgan fingerprint density at radius 3 is 2.29 bits per heavy atom. The highest BCUT2D eigenvalue weighted by molar-refractivity contribution is 5.80. The lowest BCUT2D eigenvalue weighted by atomic mass is 10.1. The predicted molar refractivity (Wildman–Crippen MR) is 66.0 cm³/mol. The second-order valence-corrected chi connectivity index (χ2v) is 4.52. The number of carbonyl (C=O) groups excluding carboxylic acids is 1. The van der Waals surface area contributed by atoms with E-state index in [0.717, 1.165) is 11.1 Å². The van der Waals surface area contributed by atoms with Crippen molar-refractivity contribution in [2.75, 3.05) is 13.7 Å². The van der Waals surface area contributed by atoms with E-state index in [2.05, 4.69) is 10.8 Å². The standard InChI is InChI=1S/C13H19NO3/c1-9-5-10(2)7-11(6-9)17-8-13(3,14)12(15)16-4/h5-7H,8,14H2,1-4H3. The molecule has 0 bridgehead atoms. The summed E-state index contributed by atoms with van der Waals surface area (Å²) in [6, 6.07) is 5.86. The van der Waals surface area contributed by atoms with E-state index in [1.807, 2.05) is 26.0 Å². The van der Waals surface area contributed by atoms with Crippen molar-refractivity contribution in [3.8, 4) is 5.75 Å². The predicted octanol–water partition coefficient (Wildman–Crippen LogP) is 1.57. The van der Waals surface area contributed by atoms with Crippen molar-refractivity contribution in [3.63, 3.8) is 0 Å². The Kier molecular flexibility index (Phi) is 4.12. The van der Waals surface area contributed by atoms with Crippen LogP contribution in [0.25, 0.3) is 0 Å². The maximum Gasteiger partial charge on any atom is 0.329 e. The van der Waals surface area contributed by atoms with E-state index in [1.165, 1.54) is 7.11 Å². The maximum atomic E-state index is 11.4. The van der Waals surface area contributed by atoms with Crippen LogP contribution in [0.4, 0.5) is 0 Å². The van der Waals surface area contributed by atoms with Crippen molar-refractivity contribution in [1.82, 2.24) is 0 Å². The minimum atomic E-state index is -1.13. The average molecular weight is 237 g/mol. The number of ether oxygens (including phenoxy) is 2. The molecule has 0 aliphatic heterocycles. The number of benzene rings is 1. The number of nitrogens with two attached hydrogens (primary N) is 1. The number of carbonyl (C=O) groups is 1. The molecule has 4 nitrogen and oxygen atoms in total. The van der Waals surface area contributed by atoms with Gasteiger partial charge in [-0.2, -0.15) is 0 Å². The van der Waals surface area contributed by atoms with Crippen molar-refractivity contribution in [2.45, 2.75) is 26.3 Å². The van der Waals surface area contributed by atoms with E-state index in [1.54, 1.807) is 6.92 Å². The summed E-state index contributed by atoms with van der Waals surface area (Å²) in [6.07, 6.45) is 0. The van der Waals surface area contributed by atoms with Crippen LogP contribution in [-0.2, 0) is 9.53 Å². The summed E-state index contributed by atoms with van der Waals surface area (Å²) in [5, 5.41) is 0. The third-order valence-electron chi connectivity index (χ3n) is 2.39. The Labute approximate surface area is 102 Å². The fourth-order valence-corrected chi connectivity index (χ4v) is 1.54. The topological polar surface area (TPSA) is 61.5 Å². The number of esters is 1. The lowest BCUT2D eigenvalue weighted by Crippen LogP contribution is -2.50. The van der Waals surface area contributed by atoms with Gasteiger partial charge in [-0.3, -0.25) is 0 Å². The van der Waals surface area contributed by atoms with Gasteiger partial charge in [-0.05, 0) is 44.0 Å². The quantitative estimate of drug-likeness (QED) is 0.807. The zero-order valence-corrected chi connectivity index (χ0v) is 10.7. The second kappa shape index (κ2) is 5.19. The smallest absolute Gasteiger partial charge is 0.329 e. The summed E-state index contributed by atoms with van der Waals surface area (Å²) in [5.74, 6) is 0.227. The molecule has 2 N–H and O–H groups in total. The highest BCUT2D eigenvalue weighted by Crippen LogP contribution is 2.17. The molecule has 1 unspecified atom stereocenters. The van der Waals surface area contributed by atoms with Crippen molar-refractivity contribution < 1.29 is 14.3 Å². The van der Waals surface area contributed by atoms with Crippen LogP contribution in [0.5, 0.6) is 5.75 Å². The van der Waals surface area contributed by atoms with Gasteiger partial charge in [0.15, 0.2) is 0 Å².